The molecule has 1 aliphatic rings. The molecule has 1 fully saturated rings. The molecule has 2 rings (SSSR count). The third-order valence-corrected chi connectivity index (χ3v) is 3.78. The van der Waals surface area contributed by atoms with E-state index in [2.05, 4.69) is 29.3 Å². The molecule has 0 bridgehead atoms. The summed E-state index contributed by atoms with van der Waals surface area (Å²) in [7, 11) is 4.21. The third kappa shape index (κ3) is 6.95. The van der Waals surface area contributed by atoms with Crippen LogP contribution < -0.4 is 15.8 Å². The van der Waals surface area contributed by atoms with Crippen molar-refractivity contribution in [3.63, 3.8) is 0 Å². The summed E-state index contributed by atoms with van der Waals surface area (Å²) in [6.45, 7) is 4.76. The molecule has 23 heavy (non-hydrogen) atoms. The number of hydrogen-bond acceptors (Lipinski definition) is 3. The zero-order valence-corrected chi connectivity index (χ0v) is 16.8. The molecule has 5 nitrogen and oxygen atoms in total. The van der Waals surface area contributed by atoms with Gasteiger partial charge in [-0.2, -0.15) is 0 Å². The van der Waals surface area contributed by atoms with E-state index in [-0.39, 0.29) is 30.1 Å². The van der Waals surface area contributed by atoms with Gasteiger partial charge in [-0.15, -0.1) is 24.0 Å². The number of aliphatic imine (C=N–C) groups is 1. The maximum atomic E-state index is 5.98. The van der Waals surface area contributed by atoms with E-state index in [1.165, 1.54) is 12.8 Å². The first-order valence-electron chi connectivity index (χ1n) is 7.96. The van der Waals surface area contributed by atoms with Crippen molar-refractivity contribution in [2.75, 3.05) is 26.0 Å². The molecule has 0 saturated heterocycles. The quantitative estimate of drug-likeness (QED) is 0.395. The lowest BCUT2D eigenvalue weighted by Crippen LogP contribution is -2.34. The van der Waals surface area contributed by atoms with E-state index in [1.54, 1.807) is 0 Å². The lowest BCUT2D eigenvalue weighted by molar-refractivity contribution is 0.242. The highest BCUT2D eigenvalue weighted by Crippen LogP contribution is 2.34. The summed E-state index contributed by atoms with van der Waals surface area (Å²) in [4.78, 5) is 6.73. The van der Waals surface area contributed by atoms with E-state index in [4.69, 9.17) is 10.5 Å². The van der Waals surface area contributed by atoms with Crippen molar-refractivity contribution in [1.82, 2.24) is 4.90 Å². The minimum absolute atomic E-state index is 0. The second-order valence-corrected chi connectivity index (χ2v) is 6.41. The van der Waals surface area contributed by atoms with Crippen LogP contribution >= 0.6 is 24.0 Å². The van der Waals surface area contributed by atoms with E-state index in [0.717, 1.165) is 23.9 Å². The Hall–Kier alpha value is -1.02. The number of nitrogens with one attached hydrogen (secondary N) is 1. The highest BCUT2D eigenvalue weighted by molar-refractivity contribution is 14.0. The second-order valence-electron chi connectivity index (χ2n) is 6.41. The summed E-state index contributed by atoms with van der Waals surface area (Å²) in [5.74, 6) is 2.10. The summed E-state index contributed by atoms with van der Waals surface area (Å²) in [5.41, 5.74) is 6.90. The number of benzene rings is 1. The first-order valence-corrected chi connectivity index (χ1v) is 7.96. The van der Waals surface area contributed by atoms with Crippen molar-refractivity contribution in [3.05, 3.63) is 24.3 Å². The second kappa shape index (κ2) is 9.32. The number of anilines is 1. The van der Waals surface area contributed by atoms with Crippen LogP contribution in [0.4, 0.5) is 5.69 Å². The number of hydrogen-bond donors (Lipinski definition) is 2. The zero-order chi connectivity index (χ0) is 16.1. The molecule has 1 aromatic carbocycles. The van der Waals surface area contributed by atoms with Gasteiger partial charge in [-0.1, -0.05) is 0 Å². The largest absolute Gasteiger partial charge is 0.491 e. The van der Waals surface area contributed by atoms with Crippen molar-refractivity contribution < 1.29 is 4.74 Å². The molecule has 1 saturated carbocycles. The minimum atomic E-state index is 0. The summed E-state index contributed by atoms with van der Waals surface area (Å²) in [6, 6.07) is 8.25. The van der Waals surface area contributed by atoms with E-state index in [9.17, 15) is 0 Å². The number of nitrogens with two attached hydrogens (primary N) is 1. The van der Waals surface area contributed by atoms with Crippen molar-refractivity contribution in [2.24, 2.45) is 16.6 Å². The van der Waals surface area contributed by atoms with Gasteiger partial charge in [0.05, 0.1) is 12.6 Å². The van der Waals surface area contributed by atoms with Crippen LogP contribution in [-0.4, -0.2) is 43.6 Å². The lowest BCUT2D eigenvalue weighted by atomic mass is 10.2. The van der Waals surface area contributed by atoms with E-state index < -0.39 is 0 Å². The topological polar surface area (TPSA) is 62.9 Å². The Kier molecular flexibility index (Phi) is 8.11. The molecule has 1 atom stereocenters. The summed E-state index contributed by atoms with van der Waals surface area (Å²) < 4.78 is 5.62. The average Bonchev–Trinajstić information content (AvgIpc) is 3.25. The van der Waals surface area contributed by atoms with Gasteiger partial charge in [-0.25, -0.2) is 0 Å². The molecule has 0 radical (unpaired) electrons. The first-order chi connectivity index (χ1) is 10.5. The van der Waals surface area contributed by atoms with Gasteiger partial charge in [0.15, 0.2) is 5.96 Å². The zero-order valence-electron chi connectivity index (χ0n) is 14.5. The van der Waals surface area contributed by atoms with Gasteiger partial charge in [0.1, 0.15) is 5.75 Å². The van der Waals surface area contributed by atoms with Gasteiger partial charge in [0.2, 0.25) is 0 Å². The Labute approximate surface area is 156 Å². The molecular weight excluding hydrogens is 403 g/mol. The van der Waals surface area contributed by atoms with E-state index >= 15 is 0 Å². The Morgan fingerprint density at radius 1 is 1.30 bits per heavy atom. The van der Waals surface area contributed by atoms with Crippen LogP contribution in [0.5, 0.6) is 5.75 Å². The normalized spacial score (nSPS) is 16.2. The predicted molar refractivity (Wildman–Crippen MR) is 108 cm³/mol. The van der Waals surface area contributed by atoms with Crippen LogP contribution in [-0.2, 0) is 0 Å². The molecular formula is C17H29IN4O. The lowest BCUT2D eigenvalue weighted by Gasteiger charge is -2.22. The van der Waals surface area contributed by atoms with Crippen molar-refractivity contribution in [3.8, 4) is 5.75 Å². The molecule has 6 heteroatoms. The van der Waals surface area contributed by atoms with Crippen LogP contribution in [0.15, 0.2) is 29.3 Å². The maximum absolute atomic E-state index is 5.98. The van der Waals surface area contributed by atoms with Crippen LogP contribution in [0.1, 0.15) is 26.7 Å². The summed E-state index contributed by atoms with van der Waals surface area (Å²) in [5, 5.41) is 3.13. The van der Waals surface area contributed by atoms with Crippen LogP contribution in [0.3, 0.4) is 0 Å². The number of ether oxygens (including phenoxy) is 1. The fourth-order valence-electron chi connectivity index (χ4n) is 2.48. The highest BCUT2D eigenvalue weighted by atomic mass is 127. The fourth-order valence-corrected chi connectivity index (χ4v) is 2.48. The molecule has 0 spiro atoms. The first kappa shape index (κ1) is 20.0. The molecule has 1 aromatic rings. The molecule has 3 N–H and O–H groups in total. The van der Waals surface area contributed by atoms with Gasteiger partial charge >= 0.3 is 0 Å². The number of likely N-dealkylation sites (N-methyl/N-ethyl adjacent to an activating group) is 1. The Morgan fingerprint density at radius 2 is 1.91 bits per heavy atom. The molecule has 1 unspecified atom stereocenters. The van der Waals surface area contributed by atoms with Crippen molar-refractivity contribution in [2.45, 2.75) is 38.8 Å². The number of rotatable bonds is 7. The Balaban J connectivity index is 0.00000264. The summed E-state index contributed by atoms with van der Waals surface area (Å²) in [6.07, 6.45) is 2.79. The minimum Gasteiger partial charge on any atom is -0.491 e. The van der Waals surface area contributed by atoms with E-state index in [0.29, 0.717) is 12.0 Å². The van der Waals surface area contributed by atoms with Crippen molar-refractivity contribution in [1.29, 1.82) is 0 Å². The molecule has 130 valence electrons. The number of guanidine groups is 1. The third-order valence-electron chi connectivity index (χ3n) is 3.78. The predicted octanol–water partition coefficient (Wildman–Crippen LogP) is 3.16. The van der Waals surface area contributed by atoms with Crippen molar-refractivity contribution >= 4 is 35.6 Å². The van der Waals surface area contributed by atoms with Gasteiger partial charge in [0, 0.05) is 11.7 Å². The monoisotopic (exact) mass is 432 g/mol. The maximum Gasteiger partial charge on any atom is 0.193 e. The number of halogens is 1. The van der Waals surface area contributed by atoms with Gasteiger partial charge in [0.25, 0.3) is 0 Å². The molecule has 0 aromatic heterocycles. The van der Waals surface area contributed by atoms with Gasteiger partial charge in [-0.05, 0) is 71.0 Å². The van der Waals surface area contributed by atoms with Crippen LogP contribution in [0.2, 0.25) is 0 Å². The van der Waals surface area contributed by atoms with Gasteiger partial charge < -0.3 is 20.7 Å². The molecule has 0 amide bonds. The number of nitrogens with zero attached hydrogens (tertiary/aromatic N) is 2. The smallest absolute Gasteiger partial charge is 0.193 e. The Bertz CT molecular complexity index is 496. The standard InChI is InChI=1S/C17H28N4O.HI/c1-12(2)22-15-9-7-14(8-10-15)20-17(18)19-11-16(21(3)4)13-5-6-13;/h7-10,12-13,16H,5-6,11H2,1-4H3,(H3,18,19,20);1H. The molecule has 0 heterocycles. The van der Waals surface area contributed by atoms with Gasteiger partial charge in [-0.3, -0.25) is 4.99 Å². The highest BCUT2D eigenvalue weighted by Gasteiger charge is 2.32. The molecule has 0 aliphatic heterocycles. The Morgan fingerprint density at radius 3 is 2.39 bits per heavy atom. The SMILES string of the molecule is CC(C)Oc1ccc(NC(N)=NCC(C2CC2)N(C)C)cc1.I. The average molecular weight is 432 g/mol. The van der Waals surface area contributed by atoms with E-state index in [1.807, 2.05) is 38.1 Å². The summed E-state index contributed by atoms with van der Waals surface area (Å²) >= 11 is 0. The molecule has 1 aliphatic carbocycles. The fraction of sp³-hybridized carbons (Fsp3) is 0.588. The van der Waals surface area contributed by atoms with Crippen LogP contribution in [0.25, 0.3) is 0 Å². The van der Waals surface area contributed by atoms with Crippen LogP contribution in [0, 0.1) is 5.92 Å².